The fourth-order valence-corrected chi connectivity index (χ4v) is 0. The fraction of sp³-hybridized carbons (Fsp3) is 1.00. The Hall–Kier alpha value is 0.0649. The standard InChI is InChI=1S/C5H12.C2H6.2CH4.B/c1-4-5(2)3;1-2;;;/h5H,4H2,1-3H3;1-2H3;2*1H4;. The lowest BCUT2D eigenvalue weighted by molar-refractivity contribution is 0.626. The summed E-state index contributed by atoms with van der Waals surface area (Å²) in [5.74, 6) is 0.884. The molecule has 0 nitrogen and oxygen atoms in total. The molecule has 0 bridgehead atoms. The molecule has 0 unspecified atom stereocenters. The Morgan fingerprint density at radius 1 is 1.00 bits per heavy atom. The van der Waals surface area contributed by atoms with Crippen molar-refractivity contribution in [3.05, 3.63) is 0 Å². The quantitative estimate of drug-likeness (QED) is 0.489. The third kappa shape index (κ3) is 94.4. The zero-order valence-electron chi connectivity index (χ0n) is 6.86. The van der Waals surface area contributed by atoms with E-state index in [0.29, 0.717) is 0 Å². The molecule has 0 atom stereocenters. The highest BCUT2D eigenvalue weighted by Crippen LogP contribution is 1.93. The monoisotopic (exact) mass is 145 g/mol. The van der Waals surface area contributed by atoms with E-state index in [9.17, 15) is 0 Å². The summed E-state index contributed by atoms with van der Waals surface area (Å²) >= 11 is 0. The van der Waals surface area contributed by atoms with Crippen molar-refractivity contribution in [1.29, 1.82) is 0 Å². The van der Waals surface area contributed by atoms with E-state index in [1.165, 1.54) is 6.42 Å². The molecule has 0 saturated heterocycles. The normalized spacial score (nSPS) is 5.40. The lowest BCUT2D eigenvalue weighted by atomic mass is 10.2. The van der Waals surface area contributed by atoms with Crippen LogP contribution in [0.25, 0.3) is 0 Å². The van der Waals surface area contributed by atoms with Crippen LogP contribution in [0.15, 0.2) is 0 Å². The highest BCUT2D eigenvalue weighted by Gasteiger charge is 1.80. The highest BCUT2D eigenvalue weighted by molar-refractivity contribution is 5.75. The molecule has 0 fully saturated rings. The van der Waals surface area contributed by atoms with Gasteiger partial charge in [0.05, 0.1) is 0 Å². The van der Waals surface area contributed by atoms with Crippen LogP contribution in [0.3, 0.4) is 0 Å². The Morgan fingerprint density at radius 3 is 1.10 bits per heavy atom. The van der Waals surface area contributed by atoms with Gasteiger partial charge in [0.1, 0.15) is 0 Å². The first-order chi connectivity index (χ1) is 3.27. The van der Waals surface area contributed by atoms with Gasteiger partial charge in [-0.3, -0.25) is 0 Å². The Bertz CT molecular complexity index is 18.7. The van der Waals surface area contributed by atoms with Gasteiger partial charge in [0.15, 0.2) is 0 Å². The first-order valence-electron chi connectivity index (χ1n) is 3.27. The van der Waals surface area contributed by atoms with Crippen LogP contribution in [0.2, 0.25) is 0 Å². The summed E-state index contributed by atoms with van der Waals surface area (Å²) in [5, 5.41) is 0. The molecule has 0 spiro atoms. The zero-order chi connectivity index (χ0) is 6.28. The average molecular weight is 145 g/mol. The van der Waals surface area contributed by atoms with E-state index in [-0.39, 0.29) is 23.3 Å². The summed E-state index contributed by atoms with van der Waals surface area (Å²) in [6.07, 6.45) is 1.31. The van der Waals surface area contributed by atoms with E-state index in [4.69, 9.17) is 0 Å². The molecule has 0 aliphatic rings. The van der Waals surface area contributed by atoms with Crippen LogP contribution in [0.4, 0.5) is 0 Å². The number of rotatable bonds is 1. The molecule has 0 aliphatic carbocycles. The zero-order valence-corrected chi connectivity index (χ0v) is 6.86. The largest absolute Gasteiger partial charge is 0.0776 e. The van der Waals surface area contributed by atoms with Crippen LogP contribution in [0, 0.1) is 5.92 Å². The highest BCUT2D eigenvalue weighted by atomic mass is 13.9. The van der Waals surface area contributed by atoms with Gasteiger partial charge in [0.2, 0.25) is 0 Å². The summed E-state index contributed by atoms with van der Waals surface area (Å²) in [4.78, 5) is 0. The summed E-state index contributed by atoms with van der Waals surface area (Å²) < 4.78 is 0. The Kier molecular flexibility index (Phi) is 115. The number of hydrogen-bond acceptors (Lipinski definition) is 0. The van der Waals surface area contributed by atoms with Gasteiger partial charge in [-0.15, -0.1) is 0 Å². The van der Waals surface area contributed by atoms with Crippen LogP contribution in [-0.4, -0.2) is 8.41 Å². The van der Waals surface area contributed by atoms with Crippen molar-refractivity contribution >= 4 is 8.41 Å². The molecule has 0 saturated carbocycles. The SMILES string of the molecule is C.C.CC.CCC(C)C.[B]. The van der Waals surface area contributed by atoms with Gasteiger partial charge in [0, 0.05) is 8.41 Å². The third-order valence-electron chi connectivity index (χ3n) is 0.816. The van der Waals surface area contributed by atoms with Gasteiger partial charge >= 0.3 is 0 Å². The first kappa shape index (κ1) is 32.2. The molecule has 0 amide bonds. The maximum atomic E-state index is 2.22. The molecule has 0 heterocycles. The van der Waals surface area contributed by atoms with Crippen molar-refractivity contribution in [1.82, 2.24) is 0 Å². The predicted octanol–water partition coefficient (Wildman–Crippen LogP) is 3.97. The van der Waals surface area contributed by atoms with Gasteiger partial charge in [-0.1, -0.05) is 55.9 Å². The van der Waals surface area contributed by atoms with Crippen molar-refractivity contribution in [2.24, 2.45) is 5.92 Å². The smallest absolute Gasteiger partial charge is 0 e. The van der Waals surface area contributed by atoms with E-state index < -0.39 is 0 Å². The van der Waals surface area contributed by atoms with Crippen molar-refractivity contribution in [3.8, 4) is 0 Å². The lowest BCUT2D eigenvalue weighted by Gasteiger charge is -1.90. The number of hydrogen-bond donors (Lipinski definition) is 0. The maximum Gasteiger partial charge on any atom is 0 e. The topological polar surface area (TPSA) is 0 Å². The van der Waals surface area contributed by atoms with E-state index in [0.717, 1.165) is 5.92 Å². The molecule has 65 valence electrons. The average Bonchev–Trinajstić information content (AvgIpc) is 1.73. The molecule has 0 N–H and O–H groups in total. The molecule has 0 aliphatic heterocycles. The van der Waals surface area contributed by atoms with Crippen molar-refractivity contribution in [3.63, 3.8) is 0 Å². The molecule has 0 aromatic rings. The minimum atomic E-state index is 0. The second-order valence-electron chi connectivity index (χ2n) is 1.80. The molecule has 3 radical (unpaired) electrons. The van der Waals surface area contributed by atoms with Crippen LogP contribution in [0.1, 0.15) is 55.9 Å². The van der Waals surface area contributed by atoms with Gasteiger partial charge < -0.3 is 0 Å². The fourth-order valence-electron chi connectivity index (χ4n) is 0. The summed E-state index contributed by atoms with van der Waals surface area (Å²) in [6.45, 7) is 10.6. The molecule has 0 aromatic carbocycles. The maximum absolute atomic E-state index is 2.22. The van der Waals surface area contributed by atoms with Gasteiger partial charge in [-0.2, -0.15) is 0 Å². The van der Waals surface area contributed by atoms with Gasteiger partial charge in [-0.05, 0) is 5.92 Å². The van der Waals surface area contributed by atoms with E-state index in [1.807, 2.05) is 13.8 Å². The van der Waals surface area contributed by atoms with Crippen LogP contribution in [0.5, 0.6) is 0 Å². The van der Waals surface area contributed by atoms with Crippen molar-refractivity contribution in [2.45, 2.75) is 55.9 Å². The summed E-state index contributed by atoms with van der Waals surface area (Å²) in [7, 11) is 0. The Balaban J connectivity index is -0.0000000154. The van der Waals surface area contributed by atoms with Crippen molar-refractivity contribution in [2.75, 3.05) is 0 Å². The molecular formula is C9H26B. The second kappa shape index (κ2) is 35.7. The molecule has 0 aromatic heterocycles. The van der Waals surface area contributed by atoms with Crippen LogP contribution in [-0.2, 0) is 0 Å². The Morgan fingerprint density at radius 2 is 1.10 bits per heavy atom. The van der Waals surface area contributed by atoms with Gasteiger partial charge in [-0.25, -0.2) is 0 Å². The minimum Gasteiger partial charge on any atom is -0.0776 e. The molecule has 10 heavy (non-hydrogen) atoms. The minimum absolute atomic E-state index is 0. The Labute approximate surface area is 71.0 Å². The van der Waals surface area contributed by atoms with Crippen LogP contribution >= 0.6 is 0 Å². The predicted molar refractivity (Wildman–Crippen MR) is 55.7 cm³/mol. The summed E-state index contributed by atoms with van der Waals surface area (Å²) in [5.41, 5.74) is 0. The summed E-state index contributed by atoms with van der Waals surface area (Å²) in [6, 6.07) is 0. The van der Waals surface area contributed by atoms with Crippen molar-refractivity contribution < 1.29 is 0 Å². The second-order valence-corrected chi connectivity index (χ2v) is 1.80. The van der Waals surface area contributed by atoms with Crippen LogP contribution < -0.4 is 0 Å². The van der Waals surface area contributed by atoms with E-state index in [2.05, 4.69) is 20.8 Å². The molecule has 1 heteroatoms. The third-order valence-corrected chi connectivity index (χ3v) is 0.816. The molecular weight excluding hydrogens is 119 g/mol. The lowest BCUT2D eigenvalue weighted by Crippen LogP contribution is -1.77. The van der Waals surface area contributed by atoms with E-state index in [1.54, 1.807) is 0 Å². The van der Waals surface area contributed by atoms with E-state index >= 15 is 0 Å². The van der Waals surface area contributed by atoms with Gasteiger partial charge in [0.25, 0.3) is 0 Å². The molecule has 0 rings (SSSR count). The first-order valence-corrected chi connectivity index (χ1v) is 3.27.